The van der Waals surface area contributed by atoms with Crippen LogP contribution < -0.4 is 10.6 Å². The third kappa shape index (κ3) is 3.53. The number of carbonyl (C=O) groups excluding carboxylic acids is 2. The fourth-order valence-corrected chi connectivity index (χ4v) is 5.55. The Hall–Kier alpha value is -2.08. The van der Waals surface area contributed by atoms with Gasteiger partial charge in [0, 0.05) is 41.8 Å². The third-order valence-corrected chi connectivity index (χ3v) is 6.94. The van der Waals surface area contributed by atoms with Crippen molar-refractivity contribution in [1.82, 2.24) is 10.2 Å². The fourth-order valence-electron chi connectivity index (χ4n) is 5.25. The van der Waals surface area contributed by atoms with Crippen LogP contribution in [0.15, 0.2) is 42.5 Å². The molecule has 7 heteroatoms. The van der Waals surface area contributed by atoms with Crippen LogP contribution >= 0.6 is 23.2 Å². The highest BCUT2D eigenvalue weighted by Crippen LogP contribution is 2.56. The van der Waals surface area contributed by atoms with Crippen molar-refractivity contribution in [3.8, 4) is 0 Å². The molecule has 31 heavy (non-hydrogen) atoms. The molecule has 1 saturated heterocycles. The van der Waals surface area contributed by atoms with E-state index in [0.29, 0.717) is 21.7 Å². The van der Waals surface area contributed by atoms with E-state index in [0.717, 1.165) is 17.5 Å². The van der Waals surface area contributed by atoms with E-state index in [2.05, 4.69) is 24.5 Å². The Morgan fingerprint density at radius 1 is 1.10 bits per heavy atom. The molecule has 2 aliphatic rings. The second-order valence-electron chi connectivity index (χ2n) is 9.10. The number of halogens is 2. The Morgan fingerprint density at radius 2 is 1.74 bits per heavy atom. The van der Waals surface area contributed by atoms with Crippen molar-refractivity contribution in [2.45, 2.75) is 43.7 Å². The van der Waals surface area contributed by atoms with Gasteiger partial charge in [-0.2, -0.15) is 0 Å². The molecule has 1 fully saturated rings. The van der Waals surface area contributed by atoms with E-state index in [1.165, 1.54) is 0 Å². The molecular weight excluding hydrogens is 433 g/mol. The van der Waals surface area contributed by atoms with Gasteiger partial charge in [-0.3, -0.25) is 9.59 Å². The van der Waals surface area contributed by atoms with Crippen LogP contribution in [0.3, 0.4) is 0 Å². The Labute approximate surface area is 193 Å². The third-order valence-electron chi connectivity index (χ3n) is 6.45. The molecule has 5 nitrogen and oxygen atoms in total. The molecule has 1 spiro atoms. The number of hydrogen-bond donors (Lipinski definition) is 2. The summed E-state index contributed by atoms with van der Waals surface area (Å²) in [5.74, 6) is -0.221. The fraction of sp³-hybridized carbons (Fsp3) is 0.417. The van der Waals surface area contributed by atoms with Gasteiger partial charge in [-0.05, 0) is 47.7 Å². The second-order valence-corrected chi connectivity index (χ2v) is 9.97. The van der Waals surface area contributed by atoms with Crippen LogP contribution in [-0.2, 0) is 15.0 Å². The van der Waals surface area contributed by atoms with Crippen molar-refractivity contribution in [3.05, 3.63) is 63.6 Å². The van der Waals surface area contributed by atoms with Gasteiger partial charge >= 0.3 is 0 Å². The Balaban J connectivity index is 1.98. The first kappa shape index (κ1) is 22.1. The van der Waals surface area contributed by atoms with Crippen molar-refractivity contribution in [1.29, 1.82) is 0 Å². The van der Waals surface area contributed by atoms with Gasteiger partial charge in [0.15, 0.2) is 0 Å². The molecule has 0 radical (unpaired) electrons. The van der Waals surface area contributed by atoms with Crippen LogP contribution in [0.2, 0.25) is 10.0 Å². The number of nitrogens with zero attached hydrogens (tertiary/aromatic N) is 1. The van der Waals surface area contributed by atoms with Crippen LogP contribution in [0.1, 0.15) is 37.3 Å². The number of hydrogen-bond acceptors (Lipinski definition) is 3. The van der Waals surface area contributed by atoms with Crippen molar-refractivity contribution in [3.63, 3.8) is 0 Å². The first-order valence-electron chi connectivity index (χ1n) is 10.5. The van der Waals surface area contributed by atoms with Gasteiger partial charge in [0.25, 0.3) is 0 Å². The van der Waals surface area contributed by atoms with Crippen molar-refractivity contribution >= 4 is 40.7 Å². The predicted octanol–water partition coefficient (Wildman–Crippen LogP) is 4.44. The molecule has 0 aromatic heterocycles. The Bertz CT molecular complexity index is 1020. The minimum Gasteiger partial charge on any atom is -0.347 e. The number of amides is 2. The number of carbonyl (C=O) groups is 2. The molecule has 2 aliphatic heterocycles. The predicted molar refractivity (Wildman–Crippen MR) is 125 cm³/mol. The topological polar surface area (TPSA) is 61.4 Å². The number of anilines is 1. The lowest BCUT2D eigenvalue weighted by Crippen LogP contribution is -2.48. The van der Waals surface area contributed by atoms with E-state index in [1.807, 2.05) is 36.4 Å². The standard InChI is InChI=1S/C24H27Cl2N3O2/c1-13(2)11-19-24(17-10-9-16(26)12-18(17)27-23(24)31)20(14-5-7-15(25)8-6-14)21(28-19)22(30)29(3)4/h5-10,12-13,19-21,28H,11H2,1-4H3,(H,27,31)/t19-,20-,21+,24-/m1/s1. The summed E-state index contributed by atoms with van der Waals surface area (Å²) in [5, 5.41) is 7.80. The van der Waals surface area contributed by atoms with Gasteiger partial charge in [0.2, 0.25) is 11.8 Å². The van der Waals surface area contributed by atoms with Crippen LogP contribution in [0.4, 0.5) is 5.69 Å². The lowest BCUT2D eigenvalue weighted by Gasteiger charge is -2.36. The van der Waals surface area contributed by atoms with E-state index in [4.69, 9.17) is 23.2 Å². The zero-order valence-electron chi connectivity index (χ0n) is 18.1. The molecule has 0 aliphatic carbocycles. The van der Waals surface area contributed by atoms with Gasteiger partial charge in [-0.25, -0.2) is 0 Å². The molecule has 0 unspecified atom stereocenters. The van der Waals surface area contributed by atoms with Gasteiger partial charge in [0.1, 0.15) is 5.41 Å². The van der Waals surface area contributed by atoms with E-state index in [-0.39, 0.29) is 17.9 Å². The molecule has 2 N–H and O–H groups in total. The van der Waals surface area contributed by atoms with Crippen LogP contribution in [-0.4, -0.2) is 42.9 Å². The zero-order chi connectivity index (χ0) is 22.5. The summed E-state index contributed by atoms with van der Waals surface area (Å²) in [6.45, 7) is 4.26. The summed E-state index contributed by atoms with van der Waals surface area (Å²) in [5.41, 5.74) is 1.56. The Morgan fingerprint density at radius 3 is 2.35 bits per heavy atom. The van der Waals surface area contributed by atoms with E-state index >= 15 is 0 Å². The number of nitrogens with one attached hydrogen (secondary N) is 2. The quantitative estimate of drug-likeness (QED) is 0.709. The number of likely N-dealkylation sites (N-methyl/N-ethyl adjacent to an activating group) is 1. The summed E-state index contributed by atoms with van der Waals surface area (Å²) in [7, 11) is 3.49. The van der Waals surface area contributed by atoms with Gasteiger partial charge in [0.05, 0.1) is 6.04 Å². The molecule has 2 heterocycles. The molecule has 0 saturated carbocycles. The van der Waals surface area contributed by atoms with E-state index in [9.17, 15) is 9.59 Å². The largest absolute Gasteiger partial charge is 0.347 e. The monoisotopic (exact) mass is 459 g/mol. The molecular formula is C24H27Cl2N3O2. The SMILES string of the molecule is CC(C)C[C@H]1N[C@H](C(=O)N(C)C)[C@@H](c2ccc(Cl)cc2)[C@]12C(=O)Nc1cc(Cl)ccc12. The molecule has 2 aromatic rings. The van der Waals surface area contributed by atoms with E-state index in [1.54, 1.807) is 25.1 Å². The van der Waals surface area contributed by atoms with Crippen LogP contribution in [0.25, 0.3) is 0 Å². The summed E-state index contributed by atoms with van der Waals surface area (Å²) < 4.78 is 0. The molecule has 4 atom stereocenters. The van der Waals surface area contributed by atoms with Crippen LogP contribution in [0, 0.1) is 5.92 Å². The number of benzene rings is 2. The lowest BCUT2D eigenvalue weighted by molar-refractivity contribution is -0.131. The maximum absolute atomic E-state index is 13.8. The summed E-state index contributed by atoms with van der Waals surface area (Å²) in [6.07, 6.45) is 0.747. The minimum atomic E-state index is -0.936. The summed E-state index contributed by atoms with van der Waals surface area (Å²) in [6, 6.07) is 12.2. The highest BCUT2D eigenvalue weighted by Gasteiger charge is 2.65. The average molecular weight is 460 g/mol. The van der Waals surface area contributed by atoms with Gasteiger partial charge < -0.3 is 15.5 Å². The van der Waals surface area contributed by atoms with E-state index < -0.39 is 17.4 Å². The second kappa shape index (κ2) is 8.12. The van der Waals surface area contributed by atoms with Crippen LogP contribution in [0.5, 0.6) is 0 Å². The number of rotatable bonds is 4. The molecule has 2 amide bonds. The molecule has 164 valence electrons. The zero-order valence-corrected chi connectivity index (χ0v) is 19.6. The highest BCUT2D eigenvalue weighted by atomic mass is 35.5. The smallest absolute Gasteiger partial charge is 0.239 e. The normalized spacial score (nSPS) is 26.9. The van der Waals surface area contributed by atoms with Crippen molar-refractivity contribution in [2.24, 2.45) is 5.92 Å². The molecule has 2 aromatic carbocycles. The minimum absolute atomic E-state index is 0.0548. The maximum atomic E-state index is 13.8. The van der Waals surface area contributed by atoms with Gasteiger partial charge in [-0.15, -0.1) is 0 Å². The lowest BCUT2D eigenvalue weighted by atomic mass is 9.63. The molecule has 0 bridgehead atoms. The first-order chi connectivity index (χ1) is 14.7. The highest BCUT2D eigenvalue weighted by molar-refractivity contribution is 6.31. The summed E-state index contributed by atoms with van der Waals surface area (Å²) >= 11 is 12.4. The van der Waals surface area contributed by atoms with Crippen molar-refractivity contribution < 1.29 is 9.59 Å². The maximum Gasteiger partial charge on any atom is 0.239 e. The van der Waals surface area contributed by atoms with Gasteiger partial charge in [-0.1, -0.05) is 55.2 Å². The van der Waals surface area contributed by atoms with Crippen molar-refractivity contribution in [2.75, 3.05) is 19.4 Å². The first-order valence-corrected chi connectivity index (χ1v) is 11.3. The molecule has 4 rings (SSSR count). The average Bonchev–Trinajstić information content (AvgIpc) is 3.17. The summed E-state index contributed by atoms with van der Waals surface area (Å²) in [4.78, 5) is 28.7. The number of fused-ring (bicyclic) bond motifs is 2. The Kier molecular flexibility index (Phi) is 5.80.